The molecule has 2 amide bonds. The predicted octanol–water partition coefficient (Wildman–Crippen LogP) is 1.86. The lowest BCUT2D eigenvalue weighted by molar-refractivity contribution is -0.140. The highest BCUT2D eigenvalue weighted by molar-refractivity contribution is 5.97. The van der Waals surface area contributed by atoms with Crippen LogP contribution in [0.15, 0.2) is 23.3 Å². The van der Waals surface area contributed by atoms with Gasteiger partial charge in [-0.25, -0.2) is 0 Å². The zero-order valence-corrected chi connectivity index (χ0v) is 14.5. The van der Waals surface area contributed by atoms with Crippen molar-refractivity contribution in [3.05, 3.63) is 23.3 Å². The van der Waals surface area contributed by atoms with Gasteiger partial charge in [-0.1, -0.05) is 24.6 Å². The summed E-state index contributed by atoms with van der Waals surface area (Å²) >= 11 is 0. The van der Waals surface area contributed by atoms with Crippen LogP contribution in [0, 0.1) is 0 Å². The number of rotatable bonds is 10. The molecule has 0 aromatic heterocycles. The molecule has 0 aliphatic carbocycles. The third kappa shape index (κ3) is 9.50. The van der Waals surface area contributed by atoms with Gasteiger partial charge in [0.15, 0.2) is 0 Å². The van der Waals surface area contributed by atoms with E-state index in [1.807, 2.05) is 13.0 Å². The Morgan fingerprint density at radius 1 is 1.13 bits per heavy atom. The first-order valence-electron chi connectivity index (χ1n) is 7.89. The number of ether oxygens (including phenoxy) is 1. The van der Waals surface area contributed by atoms with Crippen molar-refractivity contribution in [2.24, 2.45) is 0 Å². The molecule has 0 saturated heterocycles. The Bertz CT molecular complexity index is 467. The van der Waals surface area contributed by atoms with Crippen molar-refractivity contribution in [3.8, 4) is 0 Å². The van der Waals surface area contributed by atoms with Gasteiger partial charge in [0.25, 0.3) is 5.91 Å². The van der Waals surface area contributed by atoms with E-state index >= 15 is 0 Å². The molecule has 0 bridgehead atoms. The monoisotopic (exact) mass is 324 g/mol. The molecule has 0 heterocycles. The van der Waals surface area contributed by atoms with Crippen LogP contribution in [0.25, 0.3) is 0 Å². The predicted molar refractivity (Wildman–Crippen MR) is 89.7 cm³/mol. The lowest BCUT2D eigenvalue weighted by Gasteiger charge is -2.08. The maximum absolute atomic E-state index is 12.0. The Balaban J connectivity index is 4.50. The SMILES string of the molecule is C/C=C(\C=C(/CC)CCCCC(=O)NC)C(=O)NCC(=O)OC. The Kier molecular flexibility index (Phi) is 11.3. The van der Waals surface area contributed by atoms with Crippen LogP contribution in [0.5, 0.6) is 0 Å². The highest BCUT2D eigenvalue weighted by Gasteiger charge is 2.09. The average Bonchev–Trinajstić information content (AvgIpc) is 2.58. The number of carbonyl (C=O) groups excluding carboxylic acids is 3. The van der Waals surface area contributed by atoms with Crippen molar-refractivity contribution in [1.82, 2.24) is 10.6 Å². The van der Waals surface area contributed by atoms with Gasteiger partial charge in [-0.3, -0.25) is 14.4 Å². The molecule has 0 rings (SSSR count). The first kappa shape index (κ1) is 20.9. The molecular weight excluding hydrogens is 296 g/mol. The maximum Gasteiger partial charge on any atom is 0.325 e. The number of carbonyl (C=O) groups is 3. The molecule has 0 aliphatic rings. The van der Waals surface area contributed by atoms with Crippen molar-refractivity contribution in [2.75, 3.05) is 20.7 Å². The van der Waals surface area contributed by atoms with Crippen LogP contribution in [0.2, 0.25) is 0 Å². The van der Waals surface area contributed by atoms with Crippen LogP contribution < -0.4 is 10.6 Å². The van der Waals surface area contributed by atoms with Crippen LogP contribution in [-0.4, -0.2) is 38.5 Å². The van der Waals surface area contributed by atoms with Crippen LogP contribution >= 0.6 is 0 Å². The number of unbranched alkanes of at least 4 members (excludes halogenated alkanes) is 1. The van der Waals surface area contributed by atoms with Crippen molar-refractivity contribution in [1.29, 1.82) is 0 Å². The fraction of sp³-hybridized carbons (Fsp3) is 0.588. The Hall–Kier alpha value is -2.11. The molecule has 0 aromatic rings. The van der Waals surface area contributed by atoms with Gasteiger partial charge >= 0.3 is 5.97 Å². The summed E-state index contributed by atoms with van der Waals surface area (Å²) in [6.07, 6.45) is 7.48. The minimum absolute atomic E-state index is 0.0448. The maximum atomic E-state index is 12.0. The quantitative estimate of drug-likeness (QED) is 0.278. The highest BCUT2D eigenvalue weighted by Crippen LogP contribution is 2.15. The molecule has 0 unspecified atom stereocenters. The molecular formula is C17H28N2O4. The number of hydrogen-bond donors (Lipinski definition) is 2. The summed E-state index contributed by atoms with van der Waals surface area (Å²) in [4.78, 5) is 34.2. The third-order valence-corrected chi connectivity index (χ3v) is 3.44. The Morgan fingerprint density at radius 3 is 2.30 bits per heavy atom. The molecule has 6 heteroatoms. The first-order chi connectivity index (χ1) is 11.0. The van der Waals surface area contributed by atoms with E-state index in [9.17, 15) is 14.4 Å². The summed E-state index contributed by atoms with van der Waals surface area (Å²) in [6, 6.07) is 0. The van der Waals surface area contributed by atoms with E-state index < -0.39 is 5.97 Å². The molecule has 0 radical (unpaired) electrons. The van der Waals surface area contributed by atoms with Crippen LogP contribution in [0.4, 0.5) is 0 Å². The van der Waals surface area contributed by atoms with Gasteiger partial charge in [0.2, 0.25) is 5.91 Å². The van der Waals surface area contributed by atoms with Crippen molar-refractivity contribution < 1.29 is 19.1 Å². The van der Waals surface area contributed by atoms with Gasteiger partial charge in [0.05, 0.1) is 7.11 Å². The van der Waals surface area contributed by atoms with Gasteiger partial charge in [0, 0.05) is 19.0 Å². The van der Waals surface area contributed by atoms with E-state index in [0.717, 1.165) is 31.3 Å². The molecule has 0 atom stereocenters. The number of nitrogens with one attached hydrogen (secondary N) is 2. The van der Waals surface area contributed by atoms with Gasteiger partial charge in [-0.2, -0.15) is 0 Å². The van der Waals surface area contributed by atoms with Crippen LogP contribution in [-0.2, 0) is 19.1 Å². The number of methoxy groups -OCH3 is 1. The fourth-order valence-electron chi connectivity index (χ4n) is 1.94. The summed E-state index contributed by atoms with van der Waals surface area (Å²) in [5.74, 6) is -0.736. The fourth-order valence-corrected chi connectivity index (χ4v) is 1.94. The summed E-state index contributed by atoms with van der Waals surface area (Å²) in [5, 5.41) is 5.12. The molecule has 0 fully saturated rings. The van der Waals surface area contributed by atoms with Crippen molar-refractivity contribution >= 4 is 17.8 Å². The highest BCUT2D eigenvalue weighted by atomic mass is 16.5. The second kappa shape index (κ2) is 12.4. The van der Waals surface area contributed by atoms with E-state index in [4.69, 9.17) is 0 Å². The van der Waals surface area contributed by atoms with E-state index in [2.05, 4.69) is 15.4 Å². The smallest absolute Gasteiger partial charge is 0.325 e. The lowest BCUT2D eigenvalue weighted by Crippen LogP contribution is -2.30. The van der Waals surface area contributed by atoms with Crippen LogP contribution in [0.1, 0.15) is 46.0 Å². The van der Waals surface area contributed by atoms with E-state index in [1.165, 1.54) is 7.11 Å². The minimum atomic E-state index is -0.484. The topological polar surface area (TPSA) is 84.5 Å². The van der Waals surface area contributed by atoms with E-state index in [0.29, 0.717) is 12.0 Å². The summed E-state index contributed by atoms with van der Waals surface area (Å²) < 4.78 is 4.49. The largest absolute Gasteiger partial charge is 0.468 e. The molecule has 23 heavy (non-hydrogen) atoms. The third-order valence-electron chi connectivity index (χ3n) is 3.44. The normalized spacial score (nSPS) is 11.8. The molecule has 0 aromatic carbocycles. The van der Waals surface area contributed by atoms with E-state index in [1.54, 1.807) is 20.0 Å². The number of allylic oxidation sites excluding steroid dienone is 2. The zero-order valence-electron chi connectivity index (χ0n) is 14.5. The summed E-state index contributed by atoms with van der Waals surface area (Å²) in [5.41, 5.74) is 1.67. The standard InChI is InChI=1S/C17H28N2O4/c1-5-13(9-7-8-10-15(20)18-3)11-14(6-2)17(22)19-12-16(21)23-4/h6,11H,5,7-10,12H2,1-4H3,(H,18,20)(H,19,22)/b13-11+,14-6+. The number of amides is 2. The van der Waals surface area contributed by atoms with Gasteiger partial charge in [0.1, 0.15) is 6.54 Å². The molecule has 0 spiro atoms. The summed E-state index contributed by atoms with van der Waals surface area (Å²) in [7, 11) is 2.91. The lowest BCUT2D eigenvalue weighted by atomic mass is 10.0. The molecule has 0 saturated carbocycles. The van der Waals surface area contributed by atoms with Crippen molar-refractivity contribution in [3.63, 3.8) is 0 Å². The molecule has 130 valence electrons. The summed E-state index contributed by atoms with van der Waals surface area (Å²) in [6.45, 7) is 3.67. The number of hydrogen-bond acceptors (Lipinski definition) is 4. The van der Waals surface area contributed by atoms with Gasteiger partial charge < -0.3 is 15.4 Å². The second-order valence-corrected chi connectivity index (χ2v) is 5.04. The Labute approximate surface area is 138 Å². The molecule has 2 N–H and O–H groups in total. The van der Waals surface area contributed by atoms with Gasteiger partial charge in [-0.15, -0.1) is 0 Å². The minimum Gasteiger partial charge on any atom is -0.468 e. The average molecular weight is 324 g/mol. The van der Waals surface area contributed by atoms with Crippen LogP contribution in [0.3, 0.4) is 0 Å². The molecule has 0 aliphatic heterocycles. The van der Waals surface area contributed by atoms with Crippen molar-refractivity contribution in [2.45, 2.75) is 46.0 Å². The Morgan fingerprint density at radius 2 is 1.78 bits per heavy atom. The first-order valence-corrected chi connectivity index (χ1v) is 7.89. The zero-order chi connectivity index (χ0) is 17.7. The van der Waals surface area contributed by atoms with E-state index in [-0.39, 0.29) is 18.4 Å². The van der Waals surface area contributed by atoms with Gasteiger partial charge in [-0.05, 0) is 32.6 Å². The second-order valence-electron chi connectivity index (χ2n) is 5.04. The number of esters is 1. The molecule has 6 nitrogen and oxygen atoms in total.